The molecule has 0 fully saturated rings. The van der Waals surface area contributed by atoms with Gasteiger partial charge in [0, 0.05) is 12.1 Å². The molecule has 2 amide bonds. The van der Waals surface area contributed by atoms with E-state index in [0.717, 1.165) is 23.5 Å². The van der Waals surface area contributed by atoms with Crippen molar-refractivity contribution in [3.05, 3.63) is 23.8 Å². The molecule has 1 aromatic rings. The Hall–Kier alpha value is -1.91. The Labute approximate surface area is 114 Å². The molecule has 5 nitrogen and oxygen atoms in total. The van der Waals surface area contributed by atoms with Crippen LogP contribution in [0.2, 0.25) is 0 Å². The summed E-state index contributed by atoms with van der Waals surface area (Å²) in [4.78, 5) is 11.6. The van der Waals surface area contributed by atoms with Crippen LogP contribution < -0.4 is 20.1 Å². The molecule has 0 spiro atoms. The van der Waals surface area contributed by atoms with Gasteiger partial charge in [0.25, 0.3) is 0 Å². The molecule has 0 saturated carbocycles. The summed E-state index contributed by atoms with van der Waals surface area (Å²) in [6.07, 6.45) is 0.907. The van der Waals surface area contributed by atoms with Gasteiger partial charge in [-0.15, -0.1) is 0 Å². The second kappa shape index (κ2) is 7.51. The smallest absolute Gasteiger partial charge is 0.315 e. The zero-order valence-electron chi connectivity index (χ0n) is 11.9. The minimum Gasteiger partial charge on any atom is -0.497 e. The van der Waals surface area contributed by atoms with Crippen LogP contribution in [0.4, 0.5) is 4.79 Å². The van der Waals surface area contributed by atoms with Crippen molar-refractivity contribution in [3.63, 3.8) is 0 Å². The number of hydrogen-bond acceptors (Lipinski definition) is 3. The van der Waals surface area contributed by atoms with Gasteiger partial charge in [0.1, 0.15) is 11.5 Å². The van der Waals surface area contributed by atoms with Gasteiger partial charge in [-0.1, -0.05) is 6.92 Å². The number of nitrogens with one attached hydrogen (secondary N) is 2. The Morgan fingerprint density at radius 2 is 2.05 bits per heavy atom. The molecular weight excluding hydrogens is 244 g/mol. The first-order chi connectivity index (χ1) is 9.12. The number of urea groups is 1. The second-order valence-electron chi connectivity index (χ2n) is 4.23. The van der Waals surface area contributed by atoms with Crippen LogP contribution in [0.1, 0.15) is 31.9 Å². The standard InChI is InChI=1S/C14H22N2O3/c1-5-8-15-14(17)16-10(2)12-9-11(18-3)6-7-13(12)19-4/h6-7,9-10H,5,8H2,1-4H3,(H2,15,16,17)/t10-/m1/s1. The fraction of sp³-hybridized carbons (Fsp3) is 0.500. The van der Waals surface area contributed by atoms with Gasteiger partial charge in [-0.05, 0) is 31.5 Å². The molecule has 0 saturated heterocycles. The predicted octanol–water partition coefficient (Wildman–Crippen LogP) is 2.47. The molecular formula is C14H22N2O3. The van der Waals surface area contributed by atoms with Crippen LogP contribution >= 0.6 is 0 Å². The van der Waals surface area contributed by atoms with Crippen LogP contribution in [0.5, 0.6) is 11.5 Å². The maximum atomic E-state index is 11.6. The Morgan fingerprint density at radius 3 is 2.63 bits per heavy atom. The third kappa shape index (κ3) is 4.35. The molecule has 0 heterocycles. The van der Waals surface area contributed by atoms with E-state index in [1.165, 1.54) is 0 Å². The van der Waals surface area contributed by atoms with E-state index in [2.05, 4.69) is 10.6 Å². The molecule has 0 bridgehead atoms. The number of carbonyl (C=O) groups excluding carboxylic acids is 1. The Kier molecular flexibility index (Phi) is 5.99. The van der Waals surface area contributed by atoms with Crippen molar-refractivity contribution in [2.45, 2.75) is 26.3 Å². The molecule has 2 N–H and O–H groups in total. The van der Waals surface area contributed by atoms with E-state index in [9.17, 15) is 4.79 Å². The molecule has 19 heavy (non-hydrogen) atoms. The quantitative estimate of drug-likeness (QED) is 0.831. The van der Waals surface area contributed by atoms with E-state index in [1.54, 1.807) is 14.2 Å². The van der Waals surface area contributed by atoms with E-state index in [0.29, 0.717) is 6.54 Å². The van der Waals surface area contributed by atoms with Crippen LogP contribution in [0.15, 0.2) is 18.2 Å². The Morgan fingerprint density at radius 1 is 1.32 bits per heavy atom. The summed E-state index contributed by atoms with van der Waals surface area (Å²) in [5, 5.41) is 5.65. The number of methoxy groups -OCH3 is 2. The first kappa shape index (κ1) is 15.1. The molecule has 0 radical (unpaired) electrons. The summed E-state index contributed by atoms with van der Waals surface area (Å²) in [5.74, 6) is 1.46. The highest BCUT2D eigenvalue weighted by molar-refractivity contribution is 5.74. The highest BCUT2D eigenvalue weighted by Gasteiger charge is 2.14. The van der Waals surface area contributed by atoms with Gasteiger partial charge in [-0.25, -0.2) is 4.79 Å². The zero-order valence-corrected chi connectivity index (χ0v) is 11.9. The second-order valence-corrected chi connectivity index (χ2v) is 4.23. The Balaban J connectivity index is 2.79. The first-order valence-corrected chi connectivity index (χ1v) is 6.38. The maximum absolute atomic E-state index is 11.6. The average Bonchev–Trinajstić information content (AvgIpc) is 2.44. The van der Waals surface area contributed by atoms with Gasteiger partial charge < -0.3 is 20.1 Å². The summed E-state index contributed by atoms with van der Waals surface area (Å²) in [6, 6.07) is 5.17. The lowest BCUT2D eigenvalue weighted by Gasteiger charge is -2.18. The van der Waals surface area contributed by atoms with E-state index < -0.39 is 0 Å². The van der Waals surface area contributed by atoms with Crippen LogP contribution in [0.3, 0.4) is 0 Å². The molecule has 1 atom stereocenters. The van der Waals surface area contributed by atoms with E-state index >= 15 is 0 Å². The van der Waals surface area contributed by atoms with Crippen LogP contribution in [-0.4, -0.2) is 26.8 Å². The molecule has 5 heteroatoms. The van der Waals surface area contributed by atoms with Crippen molar-refractivity contribution in [3.8, 4) is 11.5 Å². The summed E-state index contributed by atoms with van der Waals surface area (Å²) in [7, 11) is 3.22. The third-order valence-electron chi connectivity index (χ3n) is 2.79. The number of rotatable bonds is 6. The largest absolute Gasteiger partial charge is 0.497 e. The summed E-state index contributed by atoms with van der Waals surface area (Å²) in [6.45, 7) is 4.57. The number of benzene rings is 1. The normalized spacial score (nSPS) is 11.6. The van der Waals surface area contributed by atoms with Gasteiger partial charge in [-0.3, -0.25) is 0 Å². The molecule has 0 unspecified atom stereocenters. The number of amides is 2. The van der Waals surface area contributed by atoms with Crippen molar-refractivity contribution in [1.29, 1.82) is 0 Å². The molecule has 1 rings (SSSR count). The number of ether oxygens (including phenoxy) is 2. The zero-order chi connectivity index (χ0) is 14.3. The third-order valence-corrected chi connectivity index (χ3v) is 2.79. The van der Waals surface area contributed by atoms with Gasteiger partial charge in [0.15, 0.2) is 0 Å². The van der Waals surface area contributed by atoms with E-state index in [4.69, 9.17) is 9.47 Å². The fourth-order valence-electron chi connectivity index (χ4n) is 1.74. The van der Waals surface area contributed by atoms with Crippen molar-refractivity contribution in [2.75, 3.05) is 20.8 Å². The van der Waals surface area contributed by atoms with Crippen LogP contribution in [0.25, 0.3) is 0 Å². The van der Waals surface area contributed by atoms with E-state index in [-0.39, 0.29) is 12.1 Å². The molecule has 0 aliphatic rings. The van der Waals surface area contributed by atoms with Crippen molar-refractivity contribution in [1.82, 2.24) is 10.6 Å². The van der Waals surface area contributed by atoms with Crippen molar-refractivity contribution < 1.29 is 14.3 Å². The molecule has 0 aliphatic carbocycles. The summed E-state index contributed by atoms with van der Waals surface area (Å²) in [5.41, 5.74) is 0.883. The summed E-state index contributed by atoms with van der Waals surface area (Å²) >= 11 is 0. The lowest BCUT2D eigenvalue weighted by molar-refractivity contribution is 0.237. The van der Waals surface area contributed by atoms with Crippen molar-refractivity contribution in [2.24, 2.45) is 0 Å². The number of carbonyl (C=O) groups is 1. The highest BCUT2D eigenvalue weighted by Crippen LogP contribution is 2.29. The summed E-state index contributed by atoms with van der Waals surface area (Å²) < 4.78 is 10.5. The first-order valence-electron chi connectivity index (χ1n) is 6.38. The molecule has 1 aromatic carbocycles. The van der Waals surface area contributed by atoms with Gasteiger partial charge in [0.05, 0.1) is 20.3 Å². The highest BCUT2D eigenvalue weighted by atomic mass is 16.5. The van der Waals surface area contributed by atoms with Crippen molar-refractivity contribution >= 4 is 6.03 Å². The topological polar surface area (TPSA) is 59.6 Å². The number of hydrogen-bond donors (Lipinski definition) is 2. The van der Waals surface area contributed by atoms with Crippen LogP contribution in [0, 0.1) is 0 Å². The average molecular weight is 266 g/mol. The Bertz CT molecular complexity index is 421. The minimum atomic E-state index is -0.181. The lowest BCUT2D eigenvalue weighted by atomic mass is 10.1. The molecule has 0 aromatic heterocycles. The maximum Gasteiger partial charge on any atom is 0.315 e. The predicted molar refractivity (Wildman–Crippen MR) is 74.8 cm³/mol. The van der Waals surface area contributed by atoms with Gasteiger partial charge in [0.2, 0.25) is 0 Å². The molecule has 106 valence electrons. The fourth-order valence-corrected chi connectivity index (χ4v) is 1.74. The lowest BCUT2D eigenvalue weighted by Crippen LogP contribution is -2.37. The molecule has 0 aliphatic heterocycles. The minimum absolute atomic E-state index is 0.165. The van der Waals surface area contributed by atoms with Gasteiger partial charge >= 0.3 is 6.03 Å². The van der Waals surface area contributed by atoms with Gasteiger partial charge in [-0.2, -0.15) is 0 Å². The van der Waals surface area contributed by atoms with Crippen LogP contribution in [-0.2, 0) is 0 Å². The SMILES string of the molecule is CCCNC(=O)N[C@H](C)c1cc(OC)ccc1OC. The van der Waals surface area contributed by atoms with E-state index in [1.807, 2.05) is 32.0 Å². The monoisotopic (exact) mass is 266 g/mol.